The molecular formula is C17H18ClNOS. The number of benzene rings is 2. The lowest BCUT2D eigenvalue weighted by atomic mass is 10.1. The largest absolute Gasteiger partial charge is 0.351 e. The van der Waals surface area contributed by atoms with Crippen LogP contribution >= 0.6 is 23.4 Å². The highest BCUT2D eigenvalue weighted by molar-refractivity contribution is 7.98. The number of thioether (sulfide) groups is 1. The number of hydrogen-bond acceptors (Lipinski definition) is 2. The minimum absolute atomic E-state index is 0.0201. The van der Waals surface area contributed by atoms with Crippen LogP contribution in [-0.2, 0) is 5.75 Å². The second-order valence-corrected chi connectivity index (χ2v) is 6.28. The topological polar surface area (TPSA) is 29.1 Å². The minimum atomic E-state index is -0.0201. The Morgan fingerprint density at radius 3 is 2.57 bits per heavy atom. The summed E-state index contributed by atoms with van der Waals surface area (Å²) < 4.78 is 0. The minimum Gasteiger partial charge on any atom is -0.351 e. The first-order chi connectivity index (χ1) is 10.2. The molecule has 2 rings (SSSR count). The molecule has 0 unspecified atom stereocenters. The molecule has 0 radical (unpaired) electrons. The van der Waals surface area contributed by atoms with Crippen LogP contribution in [0.4, 0.5) is 0 Å². The van der Waals surface area contributed by atoms with Gasteiger partial charge in [0.15, 0.2) is 0 Å². The van der Waals surface area contributed by atoms with Gasteiger partial charge in [0, 0.05) is 28.6 Å². The highest BCUT2D eigenvalue weighted by atomic mass is 35.5. The quantitative estimate of drug-likeness (QED) is 0.804. The Hall–Kier alpha value is -1.45. The molecule has 2 aromatic carbocycles. The van der Waals surface area contributed by atoms with Crippen LogP contribution in [0.1, 0.15) is 21.5 Å². The average molecular weight is 320 g/mol. The van der Waals surface area contributed by atoms with Crippen LogP contribution in [0.25, 0.3) is 0 Å². The van der Waals surface area contributed by atoms with Crippen LogP contribution in [0.5, 0.6) is 0 Å². The fourth-order valence-corrected chi connectivity index (χ4v) is 2.99. The Bertz CT molecular complexity index is 598. The van der Waals surface area contributed by atoms with E-state index in [-0.39, 0.29) is 5.91 Å². The molecule has 0 saturated heterocycles. The van der Waals surface area contributed by atoms with Gasteiger partial charge in [0.2, 0.25) is 0 Å². The van der Waals surface area contributed by atoms with Gasteiger partial charge in [0.1, 0.15) is 0 Å². The molecule has 0 aliphatic carbocycles. The van der Waals surface area contributed by atoms with Gasteiger partial charge in [-0.05, 0) is 30.7 Å². The normalized spacial score (nSPS) is 10.4. The summed E-state index contributed by atoms with van der Waals surface area (Å²) in [7, 11) is 0. The summed E-state index contributed by atoms with van der Waals surface area (Å²) in [6.45, 7) is 2.66. The van der Waals surface area contributed by atoms with E-state index in [4.69, 9.17) is 11.6 Å². The van der Waals surface area contributed by atoms with Crippen molar-refractivity contribution in [3.05, 3.63) is 70.2 Å². The molecular weight excluding hydrogens is 302 g/mol. The van der Waals surface area contributed by atoms with Crippen molar-refractivity contribution >= 4 is 29.3 Å². The van der Waals surface area contributed by atoms with Crippen LogP contribution in [0.2, 0.25) is 5.02 Å². The molecule has 0 fully saturated rings. The van der Waals surface area contributed by atoms with E-state index in [2.05, 4.69) is 5.32 Å². The summed E-state index contributed by atoms with van der Waals surface area (Å²) in [5.41, 5.74) is 2.99. The number of carbonyl (C=O) groups excluding carboxylic acids is 1. The van der Waals surface area contributed by atoms with Crippen molar-refractivity contribution < 1.29 is 4.79 Å². The van der Waals surface area contributed by atoms with E-state index in [9.17, 15) is 4.79 Å². The Morgan fingerprint density at radius 1 is 1.14 bits per heavy atom. The van der Waals surface area contributed by atoms with Crippen molar-refractivity contribution in [1.82, 2.24) is 5.32 Å². The number of hydrogen-bond donors (Lipinski definition) is 1. The van der Waals surface area contributed by atoms with Gasteiger partial charge < -0.3 is 5.32 Å². The van der Waals surface area contributed by atoms with E-state index < -0.39 is 0 Å². The summed E-state index contributed by atoms with van der Waals surface area (Å²) in [6, 6.07) is 15.4. The zero-order valence-electron chi connectivity index (χ0n) is 11.9. The number of aryl methyl sites for hydroxylation is 1. The first kappa shape index (κ1) is 15.9. The van der Waals surface area contributed by atoms with Gasteiger partial charge in [-0.15, -0.1) is 0 Å². The molecule has 1 amide bonds. The lowest BCUT2D eigenvalue weighted by Gasteiger charge is -2.06. The molecule has 2 aromatic rings. The van der Waals surface area contributed by atoms with Gasteiger partial charge in [-0.25, -0.2) is 0 Å². The van der Waals surface area contributed by atoms with Gasteiger partial charge in [-0.3, -0.25) is 4.79 Å². The van der Waals surface area contributed by atoms with Gasteiger partial charge in [-0.1, -0.05) is 47.5 Å². The number of halogens is 1. The van der Waals surface area contributed by atoms with Gasteiger partial charge in [0.25, 0.3) is 5.91 Å². The van der Waals surface area contributed by atoms with E-state index in [1.807, 2.05) is 55.5 Å². The van der Waals surface area contributed by atoms with Gasteiger partial charge in [0.05, 0.1) is 0 Å². The number of carbonyl (C=O) groups is 1. The Labute approximate surface area is 134 Å². The third-order valence-electron chi connectivity index (χ3n) is 3.06. The highest BCUT2D eigenvalue weighted by Crippen LogP contribution is 2.20. The van der Waals surface area contributed by atoms with E-state index in [0.717, 1.165) is 27.7 Å². The highest BCUT2D eigenvalue weighted by Gasteiger charge is 2.04. The molecule has 4 heteroatoms. The molecule has 0 aliphatic rings. The zero-order chi connectivity index (χ0) is 15.1. The van der Waals surface area contributed by atoms with Crippen LogP contribution in [0.15, 0.2) is 48.5 Å². The third kappa shape index (κ3) is 5.10. The molecule has 0 aliphatic heterocycles. The molecule has 0 saturated carbocycles. The van der Waals surface area contributed by atoms with E-state index in [0.29, 0.717) is 12.1 Å². The molecule has 0 bridgehead atoms. The van der Waals surface area contributed by atoms with Crippen LogP contribution in [0, 0.1) is 6.92 Å². The van der Waals surface area contributed by atoms with Crippen molar-refractivity contribution in [2.45, 2.75) is 12.7 Å². The fraction of sp³-hybridized carbons (Fsp3) is 0.235. The monoisotopic (exact) mass is 319 g/mol. The molecule has 21 heavy (non-hydrogen) atoms. The standard InChI is InChI=1S/C17H18ClNOS/c1-13-6-8-14(9-7-13)17(20)19-10-11-21-12-15-4-2-3-5-16(15)18/h2-9H,10-12H2,1H3,(H,19,20). The first-order valence-electron chi connectivity index (χ1n) is 6.83. The lowest BCUT2D eigenvalue weighted by Crippen LogP contribution is -2.25. The van der Waals surface area contributed by atoms with E-state index in [1.54, 1.807) is 11.8 Å². The van der Waals surface area contributed by atoms with Crippen LogP contribution < -0.4 is 5.32 Å². The van der Waals surface area contributed by atoms with Gasteiger partial charge >= 0.3 is 0 Å². The van der Waals surface area contributed by atoms with Crippen molar-refractivity contribution in [3.63, 3.8) is 0 Å². The maximum absolute atomic E-state index is 11.9. The van der Waals surface area contributed by atoms with Crippen molar-refractivity contribution in [1.29, 1.82) is 0 Å². The predicted molar refractivity (Wildman–Crippen MR) is 91.1 cm³/mol. The first-order valence-corrected chi connectivity index (χ1v) is 8.36. The lowest BCUT2D eigenvalue weighted by molar-refractivity contribution is 0.0956. The maximum Gasteiger partial charge on any atom is 0.251 e. The molecule has 0 aromatic heterocycles. The van der Waals surface area contributed by atoms with Crippen molar-refractivity contribution in [3.8, 4) is 0 Å². The second-order valence-electron chi connectivity index (χ2n) is 4.77. The molecule has 0 atom stereocenters. The molecule has 2 nitrogen and oxygen atoms in total. The number of amides is 1. The smallest absolute Gasteiger partial charge is 0.251 e. The SMILES string of the molecule is Cc1ccc(C(=O)NCCSCc2ccccc2Cl)cc1. The predicted octanol–water partition coefficient (Wildman–Crippen LogP) is 4.31. The maximum atomic E-state index is 11.9. The third-order valence-corrected chi connectivity index (χ3v) is 4.44. The van der Waals surface area contributed by atoms with Crippen molar-refractivity contribution in [2.24, 2.45) is 0 Å². The summed E-state index contributed by atoms with van der Waals surface area (Å²) in [5.74, 6) is 1.71. The number of nitrogens with one attached hydrogen (secondary N) is 1. The summed E-state index contributed by atoms with van der Waals surface area (Å²) in [6.07, 6.45) is 0. The molecule has 110 valence electrons. The van der Waals surface area contributed by atoms with Crippen LogP contribution in [0.3, 0.4) is 0 Å². The Balaban J connectivity index is 1.69. The van der Waals surface area contributed by atoms with E-state index >= 15 is 0 Å². The Kier molecular flexibility index (Phi) is 6.15. The molecule has 1 N–H and O–H groups in total. The Morgan fingerprint density at radius 2 is 1.86 bits per heavy atom. The molecule has 0 heterocycles. The second kappa shape index (κ2) is 8.11. The zero-order valence-corrected chi connectivity index (χ0v) is 13.5. The molecule has 0 spiro atoms. The van der Waals surface area contributed by atoms with Gasteiger partial charge in [-0.2, -0.15) is 11.8 Å². The van der Waals surface area contributed by atoms with Crippen molar-refractivity contribution in [2.75, 3.05) is 12.3 Å². The van der Waals surface area contributed by atoms with E-state index in [1.165, 1.54) is 0 Å². The fourth-order valence-electron chi connectivity index (χ4n) is 1.84. The van der Waals surface area contributed by atoms with Crippen LogP contribution in [-0.4, -0.2) is 18.2 Å². The summed E-state index contributed by atoms with van der Waals surface area (Å²) in [4.78, 5) is 11.9. The number of rotatable bonds is 6. The average Bonchev–Trinajstić information content (AvgIpc) is 2.49. The summed E-state index contributed by atoms with van der Waals surface area (Å²) >= 11 is 7.86. The summed E-state index contributed by atoms with van der Waals surface area (Å²) in [5, 5.41) is 3.73.